The van der Waals surface area contributed by atoms with Crippen molar-refractivity contribution in [1.29, 1.82) is 0 Å². The topological polar surface area (TPSA) is 73.4 Å². The van der Waals surface area contributed by atoms with Crippen LogP contribution in [0.3, 0.4) is 0 Å². The van der Waals surface area contributed by atoms with E-state index < -0.39 is 0 Å². The van der Waals surface area contributed by atoms with Gasteiger partial charge in [0.2, 0.25) is 0 Å². The van der Waals surface area contributed by atoms with Gasteiger partial charge in [-0.2, -0.15) is 5.10 Å². The van der Waals surface area contributed by atoms with Gasteiger partial charge >= 0.3 is 5.97 Å². The van der Waals surface area contributed by atoms with E-state index in [9.17, 15) is 4.79 Å². The van der Waals surface area contributed by atoms with Gasteiger partial charge in [-0.3, -0.25) is 5.10 Å². The molecule has 116 valence electrons. The molecule has 1 N–H and O–H groups in total. The Bertz CT molecular complexity index is 657. The molecule has 0 aliphatic carbocycles. The average molecular weight is 302 g/mol. The number of aromatic nitrogens is 2. The third kappa shape index (κ3) is 2.75. The van der Waals surface area contributed by atoms with Gasteiger partial charge in [-0.05, 0) is 13.8 Å². The maximum absolute atomic E-state index is 11.8. The summed E-state index contributed by atoms with van der Waals surface area (Å²) in [6, 6.07) is 7.78. The van der Waals surface area contributed by atoms with Gasteiger partial charge in [0.1, 0.15) is 5.69 Å². The van der Waals surface area contributed by atoms with Gasteiger partial charge in [0, 0.05) is 16.7 Å². The fourth-order valence-corrected chi connectivity index (χ4v) is 2.43. The van der Waals surface area contributed by atoms with E-state index in [0.717, 1.165) is 22.4 Å². The van der Waals surface area contributed by atoms with Crippen molar-refractivity contribution >= 4 is 5.97 Å². The molecule has 1 fully saturated rings. The molecule has 1 saturated heterocycles. The molecule has 1 aliphatic rings. The molecule has 3 rings (SSSR count). The van der Waals surface area contributed by atoms with Crippen molar-refractivity contribution in [2.24, 2.45) is 0 Å². The number of rotatable bonds is 4. The third-order valence-corrected chi connectivity index (χ3v) is 3.57. The second-order valence-corrected chi connectivity index (χ2v) is 4.99. The molecule has 1 aliphatic heterocycles. The highest BCUT2D eigenvalue weighted by Gasteiger charge is 2.20. The standard InChI is InChI=1S/C16H18N2O4/c1-3-20-15(19)14-10(2)13(17-18-14)11-4-6-12(7-5-11)16-21-8-9-22-16/h4-7,16H,3,8-9H2,1-2H3,(H,17,18). The van der Waals surface area contributed by atoms with Gasteiger partial charge in [-0.15, -0.1) is 0 Å². The molecule has 2 aromatic rings. The molecule has 6 heteroatoms. The van der Waals surface area contributed by atoms with E-state index in [1.54, 1.807) is 6.92 Å². The van der Waals surface area contributed by atoms with Crippen LogP contribution in [0.1, 0.15) is 34.8 Å². The molecule has 0 radical (unpaired) electrons. The zero-order valence-corrected chi connectivity index (χ0v) is 12.6. The molecule has 22 heavy (non-hydrogen) atoms. The lowest BCUT2D eigenvalue weighted by Crippen LogP contribution is -2.06. The number of ether oxygens (including phenoxy) is 3. The van der Waals surface area contributed by atoms with Gasteiger partial charge in [-0.1, -0.05) is 24.3 Å². The Morgan fingerprint density at radius 2 is 2.00 bits per heavy atom. The van der Waals surface area contributed by atoms with Crippen molar-refractivity contribution in [2.45, 2.75) is 20.1 Å². The van der Waals surface area contributed by atoms with Gasteiger partial charge in [-0.25, -0.2) is 4.79 Å². The first-order valence-corrected chi connectivity index (χ1v) is 7.26. The second kappa shape index (κ2) is 6.29. The summed E-state index contributed by atoms with van der Waals surface area (Å²) in [4.78, 5) is 11.8. The second-order valence-electron chi connectivity index (χ2n) is 4.99. The Labute approximate surface area is 128 Å². The number of nitrogens with zero attached hydrogens (tertiary/aromatic N) is 1. The first-order valence-electron chi connectivity index (χ1n) is 7.26. The summed E-state index contributed by atoms with van der Waals surface area (Å²) in [6.07, 6.45) is -0.288. The first-order chi connectivity index (χ1) is 10.7. The highest BCUT2D eigenvalue weighted by molar-refractivity contribution is 5.91. The van der Waals surface area contributed by atoms with Crippen molar-refractivity contribution < 1.29 is 19.0 Å². The summed E-state index contributed by atoms with van der Waals surface area (Å²) in [5.41, 5.74) is 3.80. The molecule has 1 aromatic heterocycles. The van der Waals surface area contributed by atoms with Gasteiger partial charge in [0.15, 0.2) is 6.29 Å². The largest absolute Gasteiger partial charge is 0.461 e. The van der Waals surface area contributed by atoms with Crippen LogP contribution in [-0.2, 0) is 14.2 Å². The summed E-state index contributed by atoms with van der Waals surface area (Å²) < 4.78 is 15.9. The average Bonchev–Trinajstić information content (AvgIpc) is 3.17. The number of nitrogens with one attached hydrogen (secondary N) is 1. The smallest absolute Gasteiger partial charge is 0.356 e. The number of benzene rings is 1. The maximum Gasteiger partial charge on any atom is 0.356 e. The Kier molecular flexibility index (Phi) is 4.22. The lowest BCUT2D eigenvalue weighted by atomic mass is 10.0. The van der Waals surface area contributed by atoms with Crippen LogP contribution >= 0.6 is 0 Å². The van der Waals surface area contributed by atoms with E-state index in [0.29, 0.717) is 25.5 Å². The highest BCUT2D eigenvalue weighted by atomic mass is 16.7. The van der Waals surface area contributed by atoms with Crippen molar-refractivity contribution in [1.82, 2.24) is 10.2 Å². The molecule has 0 atom stereocenters. The van der Waals surface area contributed by atoms with Crippen LogP contribution in [0.5, 0.6) is 0 Å². The predicted molar refractivity (Wildman–Crippen MR) is 79.4 cm³/mol. The molecule has 6 nitrogen and oxygen atoms in total. The quantitative estimate of drug-likeness (QED) is 0.879. The SMILES string of the molecule is CCOC(=O)c1[nH]nc(-c2ccc(C3OCCO3)cc2)c1C. The number of carbonyl (C=O) groups is 1. The maximum atomic E-state index is 11.8. The van der Waals surface area contributed by atoms with Crippen molar-refractivity contribution in [3.8, 4) is 11.3 Å². The zero-order chi connectivity index (χ0) is 15.5. The van der Waals surface area contributed by atoms with Crippen LogP contribution in [0.4, 0.5) is 0 Å². The Morgan fingerprint density at radius 3 is 2.64 bits per heavy atom. The third-order valence-electron chi connectivity index (χ3n) is 3.57. The summed E-state index contributed by atoms with van der Waals surface area (Å²) in [5.74, 6) is -0.386. The van der Waals surface area contributed by atoms with Crippen LogP contribution < -0.4 is 0 Å². The Hall–Kier alpha value is -2.18. The fourth-order valence-electron chi connectivity index (χ4n) is 2.43. The Morgan fingerprint density at radius 1 is 1.32 bits per heavy atom. The Balaban J connectivity index is 1.83. The lowest BCUT2D eigenvalue weighted by Gasteiger charge is -2.09. The molecule has 0 saturated carbocycles. The number of esters is 1. The van der Waals surface area contributed by atoms with Gasteiger partial charge in [0.05, 0.1) is 25.5 Å². The summed E-state index contributed by atoms with van der Waals surface area (Å²) in [7, 11) is 0. The van der Waals surface area contributed by atoms with Gasteiger partial charge < -0.3 is 14.2 Å². The molecule has 0 amide bonds. The van der Waals surface area contributed by atoms with Gasteiger partial charge in [0.25, 0.3) is 0 Å². The van der Waals surface area contributed by atoms with Crippen molar-refractivity contribution in [2.75, 3.05) is 19.8 Å². The van der Waals surface area contributed by atoms with Crippen LogP contribution in [-0.4, -0.2) is 36.0 Å². The number of hydrogen-bond acceptors (Lipinski definition) is 5. The monoisotopic (exact) mass is 302 g/mol. The van der Waals surface area contributed by atoms with Crippen LogP contribution in [0.2, 0.25) is 0 Å². The minimum Gasteiger partial charge on any atom is -0.461 e. The number of H-pyrrole nitrogens is 1. The van der Waals surface area contributed by atoms with E-state index in [2.05, 4.69) is 10.2 Å². The van der Waals surface area contributed by atoms with Crippen molar-refractivity contribution in [3.63, 3.8) is 0 Å². The van der Waals surface area contributed by atoms with E-state index in [-0.39, 0.29) is 12.3 Å². The molecular weight excluding hydrogens is 284 g/mol. The number of hydrogen-bond donors (Lipinski definition) is 1. The minimum atomic E-state index is -0.386. The number of carbonyl (C=O) groups excluding carboxylic acids is 1. The van der Waals surface area contributed by atoms with E-state index in [1.807, 2.05) is 31.2 Å². The molecule has 0 spiro atoms. The van der Waals surface area contributed by atoms with Crippen molar-refractivity contribution in [3.05, 3.63) is 41.1 Å². The van der Waals surface area contributed by atoms with E-state index >= 15 is 0 Å². The number of aromatic amines is 1. The summed E-state index contributed by atoms with van der Waals surface area (Å²) in [5, 5.41) is 6.98. The molecule has 1 aromatic carbocycles. The van der Waals surface area contributed by atoms with E-state index in [1.165, 1.54) is 0 Å². The van der Waals surface area contributed by atoms with Crippen LogP contribution in [0, 0.1) is 6.92 Å². The molecule has 0 unspecified atom stereocenters. The molecule has 2 heterocycles. The molecule has 0 bridgehead atoms. The highest BCUT2D eigenvalue weighted by Crippen LogP contribution is 2.28. The summed E-state index contributed by atoms with van der Waals surface area (Å²) in [6.45, 7) is 5.20. The normalized spacial score (nSPS) is 15.2. The first kappa shape index (κ1) is 14.7. The van der Waals surface area contributed by atoms with E-state index in [4.69, 9.17) is 14.2 Å². The fraction of sp³-hybridized carbons (Fsp3) is 0.375. The predicted octanol–water partition coefficient (Wildman–Crippen LogP) is 2.61. The minimum absolute atomic E-state index is 0.288. The van der Waals surface area contributed by atoms with Crippen LogP contribution in [0.25, 0.3) is 11.3 Å². The molecular formula is C16H18N2O4. The lowest BCUT2D eigenvalue weighted by molar-refractivity contribution is -0.0441. The zero-order valence-electron chi connectivity index (χ0n) is 12.6. The summed E-state index contributed by atoms with van der Waals surface area (Å²) >= 11 is 0. The van der Waals surface area contributed by atoms with Crippen LogP contribution in [0.15, 0.2) is 24.3 Å².